The summed E-state index contributed by atoms with van der Waals surface area (Å²) in [5, 5.41) is 9.47. The first-order valence-electron chi connectivity index (χ1n) is 13.0. The Morgan fingerprint density at radius 3 is 1.88 bits per heavy atom. The number of nitrogens with one attached hydrogen (secondary N) is 2. The summed E-state index contributed by atoms with van der Waals surface area (Å²) in [6, 6.07) is 0. The number of hydrogen-bond acceptors (Lipinski definition) is 7. The average Bonchev–Trinajstić information content (AvgIpc) is 3.46. The molecule has 1 aliphatic carbocycles. The van der Waals surface area contributed by atoms with Crippen LogP contribution in [0.2, 0.25) is 20.1 Å². The van der Waals surface area contributed by atoms with Gasteiger partial charge < -0.3 is 15.4 Å². The number of hydrogen-bond donors (Lipinski definition) is 2. The van der Waals surface area contributed by atoms with Crippen LogP contribution >= 0.6 is 69.1 Å². The Labute approximate surface area is 264 Å². The molecule has 41 heavy (non-hydrogen) atoms. The number of halogens is 4. The number of thiophene rings is 2. The first-order chi connectivity index (χ1) is 19.3. The summed E-state index contributed by atoms with van der Waals surface area (Å²) < 4.78 is 5.94. The molecule has 2 amide bonds. The highest BCUT2D eigenvalue weighted by Crippen LogP contribution is 2.49. The van der Waals surface area contributed by atoms with E-state index in [0.29, 0.717) is 69.4 Å². The van der Waals surface area contributed by atoms with E-state index in [-0.39, 0.29) is 29.8 Å². The van der Waals surface area contributed by atoms with Gasteiger partial charge in [0.1, 0.15) is 19.4 Å². The van der Waals surface area contributed by atoms with E-state index in [4.69, 9.17) is 51.1 Å². The normalized spacial score (nSPS) is 23.6. The minimum Gasteiger partial charge on any atom is -0.373 e. The monoisotopic (exact) mass is 670 g/mol. The first kappa shape index (κ1) is 29.4. The highest BCUT2D eigenvalue weighted by atomic mass is 35.5. The van der Waals surface area contributed by atoms with Crippen molar-refractivity contribution in [2.45, 2.75) is 52.7 Å². The molecule has 1 saturated carbocycles. The Morgan fingerprint density at radius 1 is 0.878 bits per heavy atom. The van der Waals surface area contributed by atoms with Crippen LogP contribution in [0, 0.1) is 39.5 Å². The minimum absolute atomic E-state index is 0.164. The summed E-state index contributed by atoms with van der Waals surface area (Å²) in [4.78, 5) is 37.7. The summed E-state index contributed by atoms with van der Waals surface area (Å²) >= 11 is 28.5. The molecule has 4 aromatic heterocycles. The van der Waals surface area contributed by atoms with E-state index in [9.17, 15) is 9.59 Å². The number of aromatic nitrogens is 2. The minimum atomic E-state index is -0.550. The largest absolute Gasteiger partial charge is 0.373 e. The summed E-state index contributed by atoms with van der Waals surface area (Å²) in [5.41, 5.74) is 2.50. The van der Waals surface area contributed by atoms with Gasteiger partial charge in [0.2, 0.25) is 0 Å². The third-order valence-corrected chi connectivity index (χ3v) is 12.4. The Hall–Kier alpha value is -1.72. The fraction of sp³-hybridized carbons (Fsp3) is 0.429. The molecular weight excluding hydrogens is 646 g/mol. The molecule has 1 aliphatic heterocycles. The van der Waals surface area contributed by atoms with Crippen LogP contribution in [0.25, 0.3) is 20.4 Å². The van der Waals surface area contributed by atoms with Gasteiger partial charge in [0.25, 0.3) is 11.8 Å². The third kappa shape index (κ3) is 4.82. The van der Waals surface area contributed by atoms with Crippen LogP contribution in [0.4, 0.5) is 0 Å². The van der Waals surface area contributed by atoms with E-state index in [1.54, 1.807) is 0 Å². The zero-order chi connectivity index (χ0) is 29.5. The smallest absolute Gasteiger partial charge is 0.263 e. The number of ether oxygens (including phenoxy) is 1. The van der Waals surface area contributed by atoms with Gasteiger partial charge in [-0.05, 0) is 64.0 Å². The number of carbonyl (C=O) groups is 2. The lowest BCUT2D eigenvalue weighted by molar-refractivity contribution is -0.148. The Morgan fingerprint density at radius 2 is 1.39 bits per heavy atom. The van der Waals surface area contributed by atoms with Crippen LogP contribution in [0.1, 0.15) is 55.2 Å². The molecule has 5 heterocycles. The first-order valence-corrected chi connectivity index (χ1v) is 16.2. The van der Waals surface area contributed by atoms with Crippen molar-refractivity contribution in [3.63, 3.8) is 0 Å². The van der Waals surface area contributed by atoms with Gasteiger partial charge in [0.15, 0.2) is 0 Å². The number of rotatable bonds is 6. The third-order valence-electron chi connectivity index (χ3n) is 8.14. The standard InChI is InChI=1S/C28H26Cl4N4O3S2/c1-9-15-19(31)21(40-26(15)34-11(3)17(9)29)24(37)33-7-13-6-14(13)23-28(5,8-39-23)36-25(38)22-20(32)16-10(2)18(30)12(4)35-27(16)41-22/h13-14,23H,6-8H2,1-5H3,(H,33,37)(H,36,38). The van der Waals surface area contributed by atoms with Crippen molar-refractivity contribution >= 4 is 101 Å². The van der Waals surface area contributed by atoms with Crippen molar-refractivity contribution in [2.75, 3.05) is 13.2 Å². The van der Waals surface area contributed by atoms with Crippen LogP contribution in [0.15, 0.2) is 0 Å². The van der Waals surface area contributed by atoms with E-state index >= 15 is 0 Å². The average molecular weight is 672 g/mol. The zero-order valence-electron chi connectivity index (χ0n) is 22.8. The van der Waals surface area contributed by atoms with E-state index in [0.717, 1.165) is 22.9 Å². The summed E-state index contributed by atoms with van der Waals surface area (Å²) in [7, 11) is 0. The number of nitrogens with zero attached hydrogens (tertiary/aromatic N) is 2. The van der Waals surface area contributed by atoms with Gasteiger partial charge in [0.05, 0.1) is 49.7 Å². The van der Waals surface area contributed by atoms with Gasteiger partial charge in [-0.1, -0.05) is 46.4 Å². The van der Waals surface area contributed by atoms with Gasteiger partial charge in [-0.25, -0.2) is 9.97 Å². The molecule has 7 nitrogen and oxygen atoms in total. The van der Waals surface area contributed by atoms with Crippen molar-refractivity contribution in [2.24, 2.45) is 11.8 Å². The summed E-state index contributed by atoms with van der Waals surface area (Å²) in [5.74, 6) is -0.0527. The lowest BCUT2D eigenvalue weighted by atomic mass is 9.85. The molecule has 0 aromatic carbocycles. The van der Waals surface area contributed by atoms with Crippen molar-refractivity contribution < 1.29 is 14.3 Å². The highest BCUT2D eigenvalue weighted by molar-refractivity contribution is 7.21. The molecule has 0 radical (unpaired) electrons. The molecule has 216 valence electrons. The molecule has 4 atom stereocenters. The van der Waals surface area contributed by atoms with Crippen LogP contribution in [-0.4, -0.2) is 46.6 Å². The predicted octanol–water partition coefficient (Wildman–Crippen LogP) is 7.71. The van der Waals surface area contributed by atoms with Crippen LogP contribution in [0.5, 0.6) is 0 Å². The Kier molecular flexibility index (Phi) is 7.50. The fourth-order valence-electron chi connectivity index (χ4n) is 5.69. The van der Waals surface area contributed by atoms with Crippen molar-refractivity contribution in [1.82, 2.24) is 20.6 Å². The number of fused-ring (bicyclic) bond motifs is 2. The topological polar surface area (TPSA) is 93.2 Å². The second-order valence-corrected chi connectivity index (χ2v) is 14.6. The van der Waals surface area contributed by atoms with E-state index in [2.05, 4.69) is 20.6 Å². The number of pyridine rings is 2. The molecule has 0 spiro atoms. The van der Waals surface area contributed by atoms with Crippen molar-refractivity contribution in [3.8, 4) is 0 Å². The molecule has 4 aromatic rings. The highest BCUT2D eigenvalue weighted by Gasteiger charge is 2.57. The molecule has 2 aliphatic rings. The van der Waals surface area contributed by atoms with E-state index in [1.807, 2.05) is 34.6 Å². The second kappa shape index (κ2) is 10.5. The van der Waals surface area contributed by atoms with Crippen LogP contribution < -0.4 is 10.6 Å². The lowest BCUT2D eigenvalue weighted by Gasteiger charge is -2.47. The second-order valence-electron chi connectivity index (χ2n) is 11.1. The van der Waals surface area contributed by atoms with E-state index in [1.165, 1.54) is 22.7 Å². The van der Waals surface area contributed by atoms with Crippen LogP contribution in [-0.2, 0) is 4.74 Å². The zero-order valence-corrected chi connectivity index (χ0v) is 27.5. The molecule has 6 rings (SSSR count). The SMILES string of the molecule is Cc1nc2sc(C(=O)NCC3CC3C3OCC3(C)NC(=O)c3sc4nc(C)c(Cl)c(C)c4c3Cl)c(Cl)c2c(C)c1Cl. The van der Waals surface area contributed by atoms with E-state index < -0.39 is 5.54 Å². The molecule has 1 saturated heterocycles. The molecule has 13 heteroatoms. The number of carbonyl (C=O) groups excluding carboxylic acids is 2. The van der Waals surface area contributed by atoms with Gasteiger partial charge in [-0.15, -0.1) is 22.7 Å². The molecule has 0 bridgehead atoms. The predicted molar refractivity (Wildman–Crippen MR) is 168 cm³/mol. The maximum absolute atomic E-state index is 13.4. The van der Waals surface area contributed by atoms with Crippen molar-refractivity contribution in [1.29, 1.82) is 0 Å². The molecule has 2 fully saturated rings. The van der Waals surface area contributed by atoms with Crippen molar-refractivity contribution in [3.05, 3.63) is 52.4 Å². The Bertz CT molecular complexity index is 1790. The number of amides is 2. The fourth-order valence-corrected chi connectivity index (χ4v) is 9.10. The van der Waals surface area contributed by atoms with Crippen LogP contribution in [0.3, 0.4) is 0 Å². The van der Waals surface area contributed by atoms with Gasteiger partial charge in [-0.3, -0.25) is 9.59 Å². The van der Waals surface area contributed by atoms with Gasteiger partial charge in [-0.2, -0.15) is 0 Å². The quantitative estimate of drug-likeness (QED) is 0.219. The van der Waals surface area contributed by atoms with Gasteiger partial charge >= 0.3 is 0 Å². The Balaban J connectivity index is 1.11. The molecule has 4 unspecified atom stereocenters. The molecule has 2 N–H and O–H groups in total. The number of aryl methyl sites for hydroxylation is 4. The maximum Gasteiger partial charge on any atom is 0.263 e. The molecular formula is C28H26Cl4N4O3S2. The summed E-state index contributed by atoms with van der Waals surface area (Å²) in [6.45, 7) is 10.3. The van der Waals surface area contributed by atoms with Gasteiger partial charge in [0, 0.05) is 17.3 Å². The lowest BCUT2D eigenvalue weighted by Crippen LogP contribution is -2.67. The summed E-state index contributed by atoms with van der Waals surface area (Å²) in [6.07, 6.45) is 0.722. The maximum atomic E-state index is 13.4.